The summed E-state index contributed by atoms with van der Waals surface area (Å²) >= 11 is 0. The molecule has 0 aliphatic heterocycles. The van der Waals surface area contributed by atoms with Gasteiger partial charge in [-0.25, -0.2) is 4.79 Å². The maximum Gasteiger partial charge on any atom is 0.333 e. The topological polar surface area (TPSA) is 65.2 Å². The second-order valence-corrected chi connectivity index (χ2v) is 6.78. The maximum atomic E-state index is 11.5. The Morgan fingerprint density at radius 2 is 1.62 bits per heavy atom. The molecule has 0 saturated heterocycles. The molecule has 0 aliphatic rings. The minimum atomic E-state index is -0.336. The predicted octanol–water partition coefficient (Wildman–Crippen LogP) is 2.28. The summed E-state index contributed by atoms with van der Waals surface area (Å²) in [5, 5.41) is 9.09. The van der Waals surface area contributed by atoms with Gasteiger partial charge in [-0.3, -0.25) is 14.3 Å². The largest absolute Gasteiger partial charge is 0.462 e. The highest BCUT2D eigenvalue weighted by atomic mass is 16.5. The van der Waals surface area contributed by atoms with Gasteiger partial charge in [0.1, 0.15) is 0 Å². The van der Waals surface area contributed by atoms with Crippen LogP contribution in [0.2, 0.25) is 0 Å². The lowest BCUT2D eigenvalue weighted by molar-refractivity contribution is -0.139. The van der Waals surface area contributed by atoms with Crippen molar-refractivity contribution in [2.75, 3.05) is 13.2 Å². The van der Waals surface area contributed by atoms with Crippen LogP contribution in [0.5, 0.6) is 0 Å². The predicted molar refractivity (Wildman–Crippen MR) is 100 cm³/mol. The van der Waals surface area contributed by atoms with Crippen LogP contribution in [0.1, 0.15) is 36.1 Å². The molecule has 26 heavy (non-hydrogen) atoms. The Bertz CT molecular complexity index is 688. The van der Waals surface area contributed by atoms with Crippen LogP contribution < -0.4 is 0 Å². The number of esters is 1. The Labute approximate surface area is 155 Å². The van der Waals surface area contributed by atoms with Gasteiger partial charge in [-0.1, -0.05) is 6.58 Å². The zero-order chi connectivity index (χ0) is 19.3. The van der Waals surface area contributed by atoms with E-state index in [1.54, 1.807) is 6.92 Å². The molecular weight excluding hydrogens is 330 g/mol. The molecule has 2 aromatic rings. The van der Waals surface area contributed by atoms with Crippen LogP contribution in [0.15, 0.2) is 24.3 Å². The number of hydrogen-bond acceptors (Lipinski definition) is 5. The molecule has 0 aromatic carbocycles. The minimum Gasteiger partial charge on any atom is -0.462 e. The molecule has 2 rings (SSSR count). The summed E-state index contributed by atoms with van der Waals surface area (Å²) in [5.41, 5.74) is 4.73. The van der Waals surface area contributed by atoms with Crippen LogP contribution in [0.4, 0.5) is 0 Å². The fourth-order valence-corrected chi connectivity index (χ4v) is 2.67. The van der Waals surface area contributed by atoms with Gasteiger partial charge < -0.3 is 4.74 Å². The Morgan fingerprint density at radius 3 is 2.00 bits per heavy atom. The Kier molecular flexibility index (Phi) is 6.74. The summed E-state index contributed by atoms with van der Waals surface area (Å²) in [4.78, 5) is 13.8. The van der Waals surface area contributed by atoms with E-state index in [1.165, 1.54) is 0 Å². The summed E-state index contributed by atoms with van der Waals surface area (Å²) in [6, 6.07) is 4.19. The monoisotopic (exact) mass is 359 g/mol. The van der Waals surface area contributed by atoms with Crippen molar-refractivity contribution in [1.82, 2.24) is 24.5 Å². The van der Waals surface area contributed by atoms with Gasteiger partial charge >= 0.3 is 5.97 Å². The summed E-state index contributed by atoms with van der Waals surface area (Å²) in [5.74, 6) is -0.336. The summed E-state index contributed by atoms with van der Waals surface area (Å²) in [6.45, 7) is 12.0. The summed E-state index contributed by atoms with van der Waals surface area (Å²) in [6.07, 6.45) is 0.747. The molecule has 0 atom stereocenters. The van der Waals surface area contributed by atoms with Crippen molar-refractivity contribution in [3.8, 4) is 0 Å². The molecule has 7 nitrogen and oxygen atoms in total. The average Bonchev–Trinajstić information content (AvgIpc) is 3.04. The highest BCUT2D eigenvalue weighted by Gasteiger charge is 2.13. The molecule has 0 N–H and O–H groups in total. The highest BCUT2D eigenvalue weighted by Crippen LogP contribution is 2.11. The smallest absolute Gasteiger partial charge is 0.333 e. The van der Waals surface area contributed by atoms with E-state index < -0.39 is 0 Å². The van der Waals surface area contributed by atoms with Crippen molar-refractivity contribution in [2.24, 2.45) is 14.1 Å². The first-order chi connectivity index (χ1) is 12.3. The number of aromatic nitrogens is 4. The molecule has 2 aromatic heterocycles. The van der Waals surface area contributed by atoms with Crippen molar-refractivity contribution >= 4 is 5.97 Å². The Morgan fingerprint density at radius 1 is 1.12 bits per heavy atom. The number of hydrogen-bond donors (Lipinski definition) is 0. The molecule has 2 heterocycles. The molecule has 0 amide bonds. The number of aryl methyl sites for hydroxylation is 4. The van der Waals surface area contributed by atoms with Crippen molar-refractivity contribution in [2.45, 2.75) is 40.3 Å². The van der Waals surface area contributed by atoms with Crippen LogP contribution in [0, 0.1) is 13.8 Å². The van der Waals surface area contributed by atoms with E-state index in [9.17, 15) is 4.79 Å². The van der Waals surface area contributed by atoms with Gasteiger partial charge in [0, 0.05) is 50.7 Å². The SMILES string of the molecule is C=C(C)C(=O)OCCCN(Cc1cc(C)n(C)n1)Cc1cc(C)n(C)n1. The van der Waals surface area contributed by atoms with E-state index in [2.05, 4.69) is 33.8 Å². The second kappa shape index (κ2) is 8.80. The zero-order valence-electron chi connectivity index (χ0n) is 16.4. The standard InChI is InChI=1S/C19H29N5O2/c1-14(2)19(25)26-9-7-8-24(12-17-10-15(3)22(5)20-17)13-18-11-16(4)23(6)21-18/h10-11H,1,7-9,12-13H2,2-6H3. The lowest BCUT2D eigenvalue weighted by Crippen LogP contribution is -2.26. The first kappa shape index (κ1) is 19.9. The van der Waals surface area contributed by atoms with Gasteiger partial charge in [-0.05, 0) is 39.3 Å². The van der Waals surface area contributed by atoms with Gasteiger partial charge in [-0.15, -0.1) is 0 Å². The molecule has 0 aliphatic carbocycles. The second-order valence-electron chi connectivity index (χ2n) is 6.78. The number of carbonyl (C=O) groups excluding carboxylic acids is 1. The molecule has 0 bridgehead atoms. The van der Waals surface area contributed by atoms with Crippen LogP contribution in [-0.4, -0.2) is 43.6 Å². The third-order valence-electron chi connectivity index (χ3n) is 4.30. The van der Waals surface area contributed by atoms with Crippen LogP contribution in [0.25, 0.3) is 0 Å². The molecule has 0 radical (unpaired) electrons. The molecule has 0 unspecified atom stereocenters. The Balaban J connectivity index is 1.98. The zero-order valence-corrected chi connectivity index (χ0v) is 16.4. The normalized spacial score (nSPS) is 11.2. The number of carbonyl (C=O) groups is 1. The summed E-state index contributed by atoms with van der Waals surface area (Å²) < 4.78 is 8.96. The maximum absolute atomic E-state index is 11.5. The highest BCUT2D eigenvalue weighted by molar-refractivity contribution is 5.86. The molecule has 0 saturated carbocycles. The van der Waals surface area contributed by atoms with E-state index in [0.717, 1.165) is 48.8 Å². The average molecular weight is 359 g/mol. The molecule has 0 spiro atoms. The first-order valence-electron chi connectivity index (χ1n) is 8.80. The van der Waals surface area contributed by atoms with Gasteiger partial charge in [-0.2, -0.15) is 10.2 Å². The van der Waals surface area contributed by atoms with E-state index in [-0.39, 0.29) is 5.97 Å². The van der Waals surface area contributed by atoms with Gasteiger partial charge in [0.25, 0.3) is 0 Å². The minimum absolute atomic E-state index is 0.336. The summed E-state index contributed by atoms with van der Waals surface area (Å²) in [7, 11) is 3.89. The lowest BCUT2D eigenvalue weighted by Gasteiger charge is -2.20. The van der Waals surface area contributed by atoms with Gasteiger partial charge in [0.05, 0.1) is 18.0 Å². The third kappa shape index (κ3) is 5.56. The van der Waals surface area contributed by atoms with Crippen LogP contribution >= 0.6 is 0 Å². The third-order valence-corrected chi connectivity index (χ3v) is 4.30. The number of rotatable bonds is 9. The van der Waals surface area contributed by atoms with Gasteiger partial charge in [0.2, 0.25) is 0 Å². The quantitative estimate of drug-likeness (QED) is 0.390. The lowest BCUT2D eigenvalue weighted by atomic mass is 10.3. The fourth-order valence-electron chi connectivity index (χ4n) is 2.67. The Hall–Kier alpha value is -2.41. The van der Waals surface area contributed by atoms with E-state index in [1.807, 2.05) is 37.3 Å². The van der Waals surface area contributed by atoms with Crippen LogP contribution in [0.3, 0.4) is 0 Å². The number of nitrogens with zero attached hydrogens (tertiary/aromatic N) is 5. The van der Waals surface area contributed by atoms with Gasteiger partial charge in [0.15, 0.2) is 0 Å². The van der Waals surface area contributed by atoms with E-state index >= 15 is 0 Å². The van der Waals surface area contributed by atoms with E-state index in [4.69, 9.17) is 4.74 Å². The van der Waals surface area contributed by atoms with Crippen LogP contribution in [-0.2, 0) is 36.7 Å². The molecule has 0 fully saturated rings. The van der Waals surface area contributed by atoms with Crippen molar-refractivity contribution in [1.29, 1.82) is 0 Å². The fraction of sp³-hybridized carbons (Fsp3) is 0.526. The number of ether oxygens (including phenoxy) is 1. The van der Waals surface area contributed by atoms with Crippen molar-refractivity contribution < 1.29 is 9.53 Å². The van der Waals surface area contributed by atoms with Crippen molar-refractivity contribution in [3.63, 3.8) is 0 Å². The van der Waals surface area contributed by atoms with Crippen molar-refractivity contribution in [3.05, 3.63) is 47.1 Å². The first-order valence-corrected chi connectivity index (χ1v) is 8.80. The molecule has 142 valence electrons. The van der Waals surface area contributed by atoms with E-state index in [0.29, 0.717) is 12.2 Å². The molecular formula is C19H29N5O2. The molecule has 7 heteroatoms.